The largest absolute Gasteiger partial charge is 0.506 e. The van der Waals surface area contributed by atoms with Crippen molar-refractivity contribution in [1.82, 2.24) is 0 Å². The van der Waals surface area contributed by atoms with E-state index in [9.17, 15) is 17.9 Å². The Morgan fingerprint density at radius 3 is 2.57 bits per heavy atom. The van der Waals surface area contributed by atoms with E-state index in [1.165, 1.54) is 18.2 Å². The van der Waals surface area contributed by atoms with Gasteiger partial charge in [-0.25, -0.2) is 12.8 Å². The van der Waals surface area contributed by atoms with Crippen molar-refractivity contribution < 1.29 is 17.9 Å². The summed E-state index contributed by atoms with van der Waals surface area (Å²) < 4.78 is 40.8. The molecule has 0 unspecified atom stereocenters. The molecule has 0 spiro atoms. The molecule has 112 valence electrons. The molecule has 0 radical (unpaired) electrons. The van der Waals surface area contributed by atoms with Crippen molar-refractivity contribution in [3.05, 3.63) is 52.3 Å². The van der Waals surface area contributed by atoms with Gasteiger partial charge in [-0.3, -0.25) is 4.72 Å². The van der Waals surface area contributed by atoms with E-state index in [0.29, 0.717) is 10.9 Å². The van der Waals surface area contributed by atoms with Gasteiger partial charge in [-0.1, -0.05) is 28.9 Å². The molecule has 4 nitrogen and oxygen atoms in total. The van der Waals surface area contributed by atoms with Gasteiger partial charge in [-0.15, -0.1) is 0 Å². The molecule has 0 saturated heterocycles. The lowest BCUT2D eigenvalue weighted by Gasteiger charge is -2.11. The van der Waals surface area contributed by atoms with Crippen LogP contribution in [0.1, 0.15) is 12.5 Å². The van der Waals surface area contributed by atoms with E-state index in [4.69, 9.17) is 0 Å². The van der Waals surface area contributed by atoms with Crippen LogP contribution >= 0.6 is 15.9 Å². The minimum Gasteiger partial charge on any atom is -0.506 e. The summed E-state index contributed by atoms with van der Waals surface area (Å²) in [5.41, 5.74) is 0.874. The quantitative estimate of drug-likeness (QED) is 0.803. The molecular weight excluding hydrogens is 361 g/mol. The zero-order valence-electron chi connectivity index (χ0n) is 11.1. The molecule has 0 heterocycles. The standard InChI is InChI=1S/C14H13BrFNO3S/c1-2-9-3-5-13(18)12(7-9)17-21(19,20)14-6-4-10(15)8-11(14)16/h3-8,17-18H,2H2,1H3. The molecule has 21 heavy (non-hydrogen) atoms. The first kappa shape index (κ1) is 15.8. The minimum atomic E-state index is -4.11. The second kappa shape index (κ2) is 6.03. The summed E-state index contributed by atoms with van der Waals surface area (Å²) in [6.07, 6.45) is 0.682. The summed E-state index contributed by atoms with van der Waals surface area (Å²) in [7, 11) is -4.11. The average molecular weight is 374 g/mol. The number of phenolic OH excluding ortho intramolecular Hbond substituents is 1. The van der Waals surface area contributed by atoms with Gasteiger partial charge >= 0.3 is 0 Å². The number of halogens is 2. The van der Waals surface area contributed by atoms with Gasteiger partial charge in [0.05, 0.1) is 5.69 Å². The van der Waals surface area contributed by atoms with Crippen molar-refractivity contribution in [3.8, 4) is 5.75 Å². The topological polar surface area (TPSA) is 66.4 Å². The molecule has 0 aliphatic carbocycles. The Balaban J connectivity index is 2.42. The number of hydrogen-bond acceptors (Lipinski definition) is 3. The highest BCUT2D eigenvalue weighted by Gasteiger charge is 2.20. The van der Waals surface area contributed by atoms with Crippen LogP contribution in [0.25, 0.3) is 0 Å². The number of benzene rings is 2. The van der Waals surface area contributed by atoms with Gasteiger partial charge in [0.25, 0.3) is 10.0 Å². The van der Waals surface area contributed by atoms with Crippen LogP contribution in [-0.4, -0.2) is 13.5 Å². The van der Waals surface area contributed by atoms with Crippen molar-refractivity contribution in [3.63, 3.8) is 0 Å². The van der Waals surface area contributed by atoms with Gasteiger partial charge in [0.15, 0.2) is 0 Å². The highest BCUT2D eigenvalue weighted by Crippen LogP contribution is 2.28. The summed E-state index contributed by atoms with van der Waals surface area (Å²) in [5, 5.41) is 9.73. The number of phenols is 1. The third kappa shape index (κ3) is 3.54. The molecule has 0 amide bonds. The molecule has 0 atom stereocenters. The fourth-order valence-electron chi connectivity index (χ4n) is 1.78. The maximum atomic E-state index is 13.8. The van der Waals surface area contributed by atoms with Crippen molar-refractivity contribution >= 4 is 31.6 Å². The zero-order valence-corrected chi connectivity index (χ0v) is 13.5. The van der Waals surface area contributed by atoms with Gasteiger partial charge in [-0.2, -0.15) is 0 Å². The zero-order chi connectivity index (χ0) is 15.6. The molecule has 2 N–H and O–H groups in total. The Kier molecular flexibility index (Phi) is 4.53. The second-order valence-corrected chi connectivity index (χ2v) is 6.95. The van der Waals surface area contributed by atoms with E-state index >= 15 is 0 Å². The third-order valence-electron chi connectivity index (χ3n) is 2.90. The molecule has 0 bridgehead atoms. The van der Waals surface area contributed by atoms with Gasteiger partial charge in [0, 0.05) is 4.47 Å². The van der Waals surface area contributed by atoms with Crippen molar-refractivity contribution in [2.75, 3.05) is 4.72 Å². The predicted molar refractivity (Wildman–Crippen MR) is 82.4 cm³/mol. The molecule has 0 aromatic heterocycles. The van der Waals surface area contributed by atoms with Gasteiger partial charge in [0.2, 0.25) is 0 Å². The van der Waals surface area contributed by atoms with Crippen molar-refractivity contribution in [1.29, 1.82) is 0 Å². The first-order chi connectivity index (χ1) is 9.83. The molecule has 7 heteroatoms. The van der Waals surface area contributed by atoms with E-state index in [-0.39, 0.29) is 11.4 Å². The maximum Gasteiger partial charge on any atom is 0.264 e. The SMILES string of the molecule is CCc1ccc(O)c(NS(=O)(=O)c2ccc(Br)cc2F)c1. The van der Waals surface area contributed by atoms with Crippen LogP contribution in [0.15, 0.2) is 45.8 Å². The molecule has 2 aromatic carbocycles. The molecule has 0 saturated carbocycles. The smallest absolute Gasteiger partial charge is 0.264 e. The molecular formula is C14H13BrFNO3S. The highest BCUT2D eigenvalue weighted by atomic mass is 79.9. The van der Waals surface area contributed by atoms with Crippen LogP contribution in [0, 0.1) is 5.82 Å². The first-order valence-electron chi connectivity index (χ1n) is 6.13. The number of aromatic hydroxyl groups is 1. The molecule has 0 aliphatic heterocycles. The Labute approximate surface area is 130 Å². The number of aryl methyl sites for hydroxylation is 1. The van der Waals surface area contributed by atoms with E-state index in [0.717, 1.165) is 17.7 Å². The normalized spacial score (nSPS) is 11.4. The monoisotopic (exact) mass is 373 g/mol. The fourth-order valence-corrected chi connectivity index (χ4v) is 3.24. The number of sulfonamides is 1. The number of nitrogens with one attached hydrogen (secondary N) is 1. The number of rotatable bonds is 4. The summed E-state index contributed by atoms with van der Waals surface area (Å²) >= 11 is 3.07. The molecule has 2 rings (SSSR count). The highest BCUT2D eigenvalue weighted by molar-refractivity contribution is 9.10. The average Bonchev–Trinajstić information content (AvgIpc) is 2.40. The summed E-state index contributed by atoms with van der Waals surface area (Å²) in [5.74, 6) is -1.09. The van der Waals surface area contributed by atoms with E-state index in [2.05, 4.69) is 20.7 Å². The molecule has 0 fully saturated rings. The van der Waals surface area contributed by atoms with Crippen LogP contribution in [0.2, 0.25) is 0 Å². The van der Waals surface area contributed by atoms with E-state index < -0.39 is 20.7 Å². The third-order valence-corrected chi connectivity index (χ3v) is 4.79. The van der Waals surface area contributed by atoms with E-state index in [1.807, 2.05) is 6.92 Å². The number of anilines is 1. The molecule has 2 aromatic rings. The van der Waals surface area contributed by atoms with Crippen LogP contribution in [0.4, 0.5) is 10.1 Å². The fraction of sp³-hybridized carbons (Fsp3) is 0.143. The Hall–Kier alpha value is -1.60. The number of hydrogen-bond donors (Lipinski definition) is 2. The molecule has 0 aliphatic rings. The minimum absolute atomic E-state index is 0.0247. The Bertz CT molecular complexity index is 778. The van der Waals surface area contributed by atoms with E-state index in [1.54, 1.807) is 6.07 Å². The van der Waals surface area contributed by atoms with Crippen LogP contribution < -0.4 is 4.72 Å². The predicted octanol–water partition coefficient (Wildman–Crippen LogP) is 3.66. The lowest BCUT2D eigenvalue weighted by molar-refractivity contribution is 0.477. The van der Waals surface area contributed by atoms with Crippen molar-refractivity contribution in [2.45, 2.75) is 18.2 Å². The summed E-state index contributed by atoms with van der Waals surface area (Å²) in [4.78, 5) is -0.480. The van der Waals surface area contributed by atoms with Crippen LogP contribution in [-0.2, 0) is 16.4 Å². The van der Waals surface area contributed by atoms with Crippen molar-refractivity contribution in [2.24, 2.45) is 0 Å². The van der Waals surface area contributed by atoms with Crippen LogP contribution in [0.3, 0.4) is 0 Å². The maximum absolute atomic E-state index is 13.8. The Morgan fingerprint density at radius 1 is 1.24 bits per heavy atom. The summed E-state index contributed by atoms with van der Waals surface area (Å²) in [6, 6.07) is 8.25. The summed E-state index contributed by atoms with van der Waals surface area (Å²) in [6.45, 7) is 1.90. The lowest BCUT2D eigenvalue weighted by Crippen LogP contribution is -2.14. The second-order valence-electron chi connectivity index (χ2n) is 4.39. The Morgan fingerprint density at radius 2 is 1.95 bits per heavy atom. The van der Waals surface area contributed by atoms with Crippen LogP contribution in [0.5, 0.6) is 5.75 Å². The first-order valence-corrected chi connectivity index (χ1v) is 8.41. The van der Waals surface area contributed by atoms with Gasteiger partial charge in [-0.05, 0) is 42.3 Å². The lowest BCUT2D eigenvalue weighted by atomic mass is 10.1. The van der Waals surface area contributed by atoms with Gasteiger partial charge < -0.3 is 5.11 Å². The van der Waals surface area contributed by atoms with Gasteiger partial charge in [0.1, 0.15) is 16.5 Å².